The monoisotopic (exact) mass is 191 g/mol. The van der Waals surface area contributed by atoms with Crippen molar-refractivity contribution < 1.29 is 0 Å². The highest BCUT2D eigenvalue weighted by Crippen LogP contribution is 2.14. The first kappa shape index (κ1) is 10.6. The molecular formula is C11H17N3. The number of nitrogens with zero attached hydrogens (tertiary/aromatic N) is 1. The minimum absolute atomic E-state index is 0.516. The third kappa shape index (κ3) is 2.49. The van der Waals surface area contributed by atoms with Crippen LogP contribution in [0.5, 0.6) is 0 Å². The molecule has 0 bridgehead atoms. The van der Waals surface area contributed by atoms with Crippen molar-refractivity contribution in [2.24, 2.45) is 10.8 Å². The molecule has 14 heavy (non-hydrogen) atoms. The van der Waals surface area contributed by atoms with Crippen LogP contribution in [0.4, 0.5) is 0 Å². The van der Waals surface area contributed by atoms with Gasteiger partial charge in [0.25, 0.3) is 0 Å². The Balaban J connectivity index is 2.88. The van der Waals surface area contributed by atoms with E-state index < -0.39 is 0 Å². The third-order valence-electron chi connectivity index (χ3n) is 2.11. The van der Waals surface area contributed by atoms with Gasteiger partial charge < -0.3 is 11.2 Å². The molecule has 3 nitrogen and oxygen atoms in total. The first-order valence-corrected chi connectivity index (χ1v) is 4.75. The summed E-state index contributed by atoms with van der Waals surface area (Å²) in [5.74, 6) is 1.06. The second-order valence-electron chi connectivity index (χ2n) is 3.50. The van der Waals surface area contributed by atoms with Gasteiger partial charge in [0.15, 0.2) is 5.84 Å². The summed E-state index contributed by atoms with van der Waals surface area (Å²) in [7, 11) is 1.73. The Kier molecular flexibility index (Phi) is 3.51. The van der Waals surface area contributed by atoms with Crippen LogP contribution >= 0.6 is 0 Å². The van der Waals surface area contributed by atoms with Crippen molar-refractivity contribution in [2.75, 3.05) is 7.05 Å². The van der Waals surface area contributed by atoms with E-state index in [9.17, 15) is 0 Å². The smallest absolute Gasteiger partial charge is 0.150 e. The molecule has 0 aromatic heterocycles. The van der Waals surface area contributed by atoms with Gasteiger partial charge in [0.1, 0.15) is 0 Å². The normalized spacial score (nSPS) is 11.9. The number of nitrogens with two attached hydrogens (primary N) is 1. The van der Waals surface area contributed by atoms with Crippen molar-refractivity contribution >= 4 is 5.84 Å². The van der Waals surface area contributed by atoms with Crippen LogP contribution in [0.25, 0.3) is 0 Å². The van der Waals surface area contributed by atoms with E-state index >= 15 is 0 Å². The molecule has 0 radical (unpaired) electrons. The molecule has 0 heterocycles. The Labute approximate surface area is 85.0 Å². The second kappa shape index (κ2) is 4.65. The first-order chi connectivity index (χ1) is 6.65. The van der Waals surface area contributed by atoms with Crippen LogP contribution in [0.1, 0.15) is 30.9 Å². The predicted octanol–water partition coefficient (Wildman–Crippen LogP) is 1.65. The largest absolute Gasteiger partial charge is 0.382 e. The van der Waals surface area contributed by atoms with Gasteiger partial charge in [0, 0.05) is 12.6 Å². The van der Waals surface area contributed by atoms with Gasteiger partial charge in [0.2, 0.25) is 0 Å². The molecule has 0 amide bonds. The van der Waals surface area contributed by atoms with Crippen molar-refractivity contribution in [1.29, 1.82) is 0 Å². The lowest BCUT2D eigenvalue weighted by Gasteiger charge is -2.06. The summed E-state index contributed by atoms with van der Waals surface area (Å²) in [6.45, 7) is 4.33. The number of hydrazone groups is 1. The van der Waals surface area contributed by atoms with E-state index in [1.54, 1.807) is 7.05 Å². The molecule has 0 aliphatic rings. The first-order valence-electron chi connectivity index (χ1n) is 4.75. The molecular weight excluding hydrogens is 174 g/mol. The zero-order chi connectivity index (χ0) is 10.6. The van der Waals surface area contributed by atoms with Crippen molar-refractivity contribution in [2.45, 2.75) is 19.8 Å². The third-order valence-corrected chi connectivity index (χ3v) is 2.11. The highest BCUT2D eigenvalue weighted by molar-refractivity contribution is 5.97. The summed E-state index contributed by atoms with van der Waals surface area (Å²) >= 11 is 0. The lowest BCUT2D eigenvalue weighted by atomic mass is 10.0. The van der Waals surface area contributed by atoms with E-state index in [-0.39, 0.29) is 0 Å². The number of nitrogens with one attached hydrogen (secondary N) is 1. The van der Waals surface area contributed by atoms with E-state index in [2.05, 4.69) is 36.5 Å². The van der Waals surface area contributed by atoms with Crippen LogP contribution in [0.15, 0.2) is 29.4 Å². The van der Waals surface area contributed by atoms with Gasteiger partial charge in [-0.3, -0.25) is 0 Å². The zero-order valence-electron chi connectivity index (χ0n) is 8.91. The number of benzene rings is 1. The van der Waals surface area contributed by atoms with Crippen molar-refractivity contribution in [3.8, 4) is 0 Å². The molecule has 0 spiro atoms. The van der Waals surface area contributed by atoms with Crippen molar-refractivity contribution in [3.05, 3.63) is 35.4 Å². The Bertz CT molecular complexity index is 312. The van der Waals surface area contributed by atoms with Crippen LogP contribution < -0.4 is 11.2 Å². The summed E-state index contributed by atoms with van der Waals surface area (Å²) in [4.78, 5) is 0. The molecule has 1 rings (SSSR count). The quantitative estimate of drug-likeness (QED) is 0.433. The van der Waals surface area contributed by atoms with E-state index in [0.29, 0.717) is 11.8 Å². The van der Waals surface area contributed by atoms with E-state index in [4.69, 9.17) is 5.73 Å². The average molecular weight is 191 g/mol. The van der Waals surface area contributed by atoms with Crippen LogP contribution in [0.2, 0.25) is 0 Å². The second-order valence-corrected chi connectivity index (χ2v) is 3.50. The lowest BCUT2D eigenvalue weighted by Crippen LogP contribution is -2.16. The number of amidine groups is 1. The summed E-state index contributed by atoms with van der Waals surface area (Å²) < 4.78 is 0. The molecule has 0 unspecified atom stereocenters. The highest BCUT2D eigenvalue weighted by Gasteiger charge is 2.00. The Morgan fingerprint density at radius 3 is 2.29 bits per heavy atom. The van der Waals surface area contributed by atoms with Crippen LogP contribution in [0, 0.1) is 0 Å². The molecule has 0 fully saturated rings. The highest BCUT2D eigenvalue weighted by atomic mass is 15.3. The van der Waals surface area contributed by atoms with Crippen molar-refractivity contribution in [1.82, 2.24) is 5.43 Å². The van der Waals surface area contributed by atoms with Gasteiger partial charge >= 0.3 is 0 Å². The van der Waals surface area contributed by atoms with Gasteiger partial charge in [-0.1, -0.05) is 38.1 Å². The lowest BCUT2D eigenvalue weighted by molar-refractivity contribution is 0.866. The van der Waals surface area contributed by atoms with Gasteiger partial charge in [-0.05, 0) is 11.5 Å². The molecule has 0 atom stereocenters. The fourth-order valence-electron chi connectivity index (χ4n) is 1.22. The molecule has 3 N–H and O–H groups in total. The topological polar surface area (TPSA) is 50.4 Å². The summed E-state index contributed by atoms with van der Waals surface area (Å²) in [5, 5.41) is 3.91. The van der Waals surface area contributed by atoms with Crippen LogP contribution in [0.3, 0.4) is 0 Å². The average Bonchev–Trinajstić information content (AvgIpc) is 2.18. The van der Waals surface area contributed by atoms with Gasteiger partial charge in [-0.2, -0.15) is 5.10 Å². The van der Waals surface area contributed by atoms with Gasteiger partial charge in [-0.15, -0.1) is 0 Å². The molecule has 76 valence electrons. The molecule has 1 aromatic rings. The molecule has 1 aromatic carbocycles. The van der Waals surface area contributed by atoms with Gasteiger partial charge in [-0.25, -0.2) is 0 Å². The fraction of sp³-hybridized carbons (Fsp3) is 0.364. The molecule has 0 saturated heterocycles. The van der Waals surface area contributed by atoms with Gasteiger partial charge in [0.05, 0.1) is 0 Å². The number of rotatable bonds is 3. The molecule has 0 saturated carbocycles. The SMILES string of the molecule is CNN=C(N)c1ccc(C(C)C)cc1. The minimum atomic E-state index is 0.516. The summed E-state index contributed by atoms with van der Waals surface area (Å²) in [5.41, 5.74) is 10.6. The van der Waals surface area contributed by atoms with Crippen LogP contribution in [-0.2, 0) is 0 Å². The predicted molar refractivity (Wildman–Crippen MR) is 60.3 cm³/mol. The zero-order valence-corrected chi connectivity index (χ0v) is 8.91. The Hall–Kier alpha value is -1.51. The van der Waals surface area contributed by atoms with E-state index in [1.807, 2.05) is 12.1 Å². The Morgan fingerprint density at radius 2 is 1.86 bits per heavy atom. The van der Waals surface area contributed by atoms with Crippen molar-refractivity contribution in [3.63, 3.8) is 0 Å². The molecule has 0 aliphatic carbocycles. The maximum Gasteiger partial charge on any atom is 0.150 e. The minimum Gasteiger partial charge on any atom is -0.382 e. The summed E-state index contributed by atoms with van der Waals surface area (Å²) in [6, 6.07) is 8.15. The maximum atomic E-state index is 5.72. The number of hydrogen-bond acceptors (Lipinski definition) is 2. The maximum absolute atomic E-state index is 5.72. The Morgan fingerprint density at radius 1 is 1.29 bits per heavy atom. The summed E-state index contributed by atoms with van der Waals surface area (Å²) in [6.07, 6.45) is 0. The van der Waals surface area contributed by atoms with E-state index in [0.717, 1.165) is 5.56 Å². The molecule has 0 aliphatic heterocycles. The number of hydrogen-bond donors (Lipinski definition) is 2. The van der Waals surface area contributed by atoms with E-state index in [1.165, 1.54) is 5.56 Å². The standard InChI is InChI=1S/C11H17N3/c1-8(2)9-4-6-10(7-5-9)11(12)14-13-3/h4-8,13H,1-3H3,(H2,12,14). The van der Waals surface area contributed by atoms with Crippen LogP contribution in [-0.4, -0.2) is 12.9 Å². The molecule has 3 heteroatoms. The fourth-order valence-corrected chi connectivity index (χ4v) is 1.22.